The fourth-order valence-electron chi connectivity index (χ4n) is 5.44. The maximum absolute atomic E-state index is 12.6. The first kappa shape index (κ1) is 34.3. The highest BCUT2D eigenvalue weighted by atomic mass is 31.2. The minimum Gasteiger partial charge on any atom is -0.406 e. The maximum atomic E-state index is 12.6. The lowest BCUT2D eigenvalue weighted by atomic mass is 10.1. The van der Waals surface area contributed by atoms with E-state index in [4.69, 9.17) is 0 Å². The number of rotatable bonds is 24. The van der Waals surface area contributed by atoms with E-state index >= 15 is 0 Å². The van der Waals surface area contributed by atoms with E-state index in [1.807, 2.05) is 12.1 Å². The molecule has 1 aromatic carbocycles. The number of benzene rings is 1. The first-order valence-electron chi connectivity index (χ1n) is 15.5. The fraction of sp³-hybridized carbons (Fsp3) is 0.812. The molecule has 5 heteroatoms. The molecule has 0 aliphatic heterocycles. The lowest BCUT2D eigenvalue weighted by molar-refractivity contribution is -0.274. The average molecular weight is 546 g/mol. The summed E-state index contributed by atoms with van der Waals surface area (Å²) in [5.41, 5.74) is 1.20. The average Bonchev–Trinajstić information content (AvgIpc) is 2.86. The summed E-state index contributed by atoms with van der Waals surface area (Å²) in [7, 11) is -1.20. The summed E-state index contributed by atoms with van der Waals surface area (Å²) in [5.74, 6) is -0.108. The van der Waals surface area contributed by atoms with Crippen LogP contribution in [0.1, 0.15) is 142 Å². The van der Waals surface area contributed by atoms with Gasteiger partial charge in [0.2, 0.25) is 0 Å². The van der Waals surface area contributed by atoms with Crippen molar-refractivity contribution in [3.63, 3.8) is 0 Å². The van der Waals surface area contributed by atoms with Crippen LogP contribution < -0.4 is 4.74 Å². The van der Waals surface area contributed by atoms with Crippen molar-refractivity contribution in [1.82, 2.24) is 0 Å². The Labute approximate surface area is 228 Å². The molecule has 0 radical (unpaired) electrons. The van der Waals surface area contributed by atoms with Gasteiger partial charge in [-0.25, -0.2) is 0 Å². The highest BCUT2D eigenvalue weighted by Crippen LogP contribution is 2.63. The third kappa shape index (κ3) is 18.2. The molecule has 0 N–H and O–H groups in total. The van der Waals surface area contributed by atoms with E-state index in [0.717, 1.165) is 6.16 Å². The number of hydrogen-bond donors (Lipinski definition) is 0. The lowest BCUT2D eigenvalue weighted by Crippen LogP contribution is -2.17. The highest BCUT2D eigenvalue weighted by Gasteiger charge is 2.36. The molecule has 0 spiro atoms. The fourth-order valence-corrected chi connectivity index (χ4v) is 10.3. The maximum Gasteiger partial charge on any atom is 0.573 e. The number of hydrogen-bond acceptors (Lipinski definition) is 1. The van der Waals surface area contributed by atoms with Crippen LogP contribution in [-0.4, -0.2) is 24.8 Å². The molecule has 0 aliphatic rings. The van der Waals surface area contributed by atoms with Gasteiger partial charge >= 0.3 is 6.36 Å². The molecule has 0 heterocycles. The standard InChI is InChI=1S/C32H57F3OP/c1-4-7-10-13-16-19-26-37(27-20-17-14-11-8-5-2,28-21-18-15-12-9-6-3)29-30-22-24-31(25-23-30)36-32(33,34)35/h22-25H,4-21,26-29H2,1-3H3/q+1. The molecule has 1 aromatic rings. The van der Waals surface area contributed by atoms with Crippen LogP contribution >= 0.6 is 7.26 Å². The van der Waals surface area contributed by atoms with Crippen LogP contribution in [0.2, 0.25) is 0 Å². The van der Waals surface area contributed by atoms with Crippen molar-refractivity contribution in [3.8, 4) is 5.75 Å². The molecule has 0 aromatic heterocycles. The van der Waals surface area contributed by atoms with E-state index in [2.05, 4.69) is 25.5 Å². The van der Waals surface area contributed by atoms with Crippen LogP contribution in [0.5, 0.6) is 5.75 Å². The van der Waals surface area contributed by atoms with Crippen molar-refractivity contribution in [2.24, 2.45) is 0 Å². The van der Waals surface area contributed by atoms with Crippen LogP contribution in [0.3, 0.4) is 0 Å². The summed E-state index contributed by atoms with van der Waals surface area (Å²) in [6.45, 7) is 6.80. The molecule has 0 fully saturated rings. The highest BCUT2D eigenvalue weighted by molar-refractivity contribution is 7.75. The predicted molar refractivity (Wildman–Crippen MR) is 158 cm³/mol. The van der Waals surface area contributed by atoms with Crippen LogP contribution in [0.4, 0.5) is 13.2 Å². The van der Waals surface area contributed by atoms with Gasteiger partial charge < -0.3 is 4.74 Å². The quantitative estimate of drug-likeness (QED) is 0.0927. The SMILES string of the molecule is CCCCCCCC[P+](CCCCCCCC)(CCCCCCCC)Cc1ccc(OC(F)(F)F)cc1. The zero-order valence-corrected chi connectivity index (χ0v) is 25.2. The van der Waals surface area contributed by atoms with Gasteiger partial charge in [0.1, 0.15) is 5.75 Å². The molecule has 0 amide bonds. The summed E-state index contributed by atoms with van der Waals surface area (Å²) >= 11 is 0. The monoisotopic (exact) mass is 545 g/mol. The Kier molecular flexibility index (Phi) is 19.6. The van der Waals surface area contributed by atoms with Gasteiger partial charge in [-0.1, -0.05) is 110 Å². The Morgan fingerprint density at radius 2 is 0.892 bits per heavy atom. The third-order valence-electron chi connectivity index (χ3n) is 7.63. The Balaban J connectivity index is 2.90. The van der Waals surface area contributed by atoms with E-state index in [-0.39, 0.29) is 5.75 Å². The molecular weight excluding hydrogens is 488 g/mol. The smallest absolute Gasteiger partial charge is 0.406 e. The van der Waals surface area contributed by atoms with Gasteiger partial charge in [-0.05, 0) is 56.2 Å². The Morgan fingerprint density at radius 1 is 0.541 bits per heavy atom. The normalized spacial score (nSPS) is 12.3. The number of alkyl halides is 3. The summed E-state index contributed by atoms with van der Waals surface area (Å²) in [5, 5.41) is 0. The Morgan fingerprint density at radius 3 is 1.24 bits per heavy atom. The molecule has 1 rings (SSSR count). The molecule has 37 heavy (non-hydrogen) atoms. The molecule has 1 nitrogen and oxygen atoms in total. The molecule has 0 bridgehead atoms. The zero-order valence-electron chi connectivity index (χ0n) is 24.4. The number of halogens is 3. The summed E-state index contributed by atoms with van der Waals surface area (Å²) < 4.78 is 42.1. The molecule has 0 atom stereocenters. The zero-order chi connectivity index (χ0) is 27.2. The predicted octanol–water partition coefficient (Wildman–Crippen LogP) is 12.2. The van der Waals surface area contributed by atoms with Crippen LogP contribution in [0.15, 0.2) is 24.3 Å². The first-order chi connectivity index (χ1) is 17.8. The van der Waals surface area contributed by atoms with Gasteiger partial charge in [-0.15, -0.1) is 13.2 Å². The first-order valence-corrected chi connectivity index (χ1v) is 18.1. The Hall–Kier alpha value is -0.760. The van der Waals surface area contributed by atoms with Gasteiger partial charge in [0.05, 0.1) is 24.6 Å². The number of unbranched alkanes of at least 4 members (excludes halogenated alkanes) is 15. The minimum absolute atomic E-state index is 0.108. The molecule has 0 unspecified atom stereocenters. The van der Waals surface area contributed by atoms with Gasteiger partial charge in [-0.2, -0.15) is 0 Å². The third-order valence-corrected chi connectivity index (χ3v) is 12.5. The van der Waals surface area contributed by atoms with Gasteiger partial charge in [-0.3, -0.25) is 0 Å². The van der Waals surface area contributed by atoms with Gasteiger partial charge in [0.15, 0.2) is 0 Å². The van der Waals surface area contributed by atoms with Crippen molar-refractivity contribution < 1.29 is 17.9 Å². The van der Waals surface area contributed by atoms with E-state index in [1.165, 1.54) is 152 Å². The molecule has 0 saturated heterocycles. The minimum atomic E-state index is -4.63. The largest absolute Gasteiger partial charge is 0.573 e. The summed E-state index contributed by atoms with van der Waals surface area (Å²) in [6.07, 6.45) is 24.3. The van der Waals surface area contributed by atoms with Crippen molar-refractivity contribution in [1.29, 1.82) is 0 Å². The summed E-state index contributed by atoms with van der Waals surface area (Å²) in [6, 6.07) is 6.80. The molecule has 216 valence electrons. The lowest BCUT2D eigenvalue weighted by Gasteiger charge is -2.29. The van der Waals surface area contributed by atoms with Gasteiger partial charge in [0.25, 0.3) is 0 Å². The molecule has 0 saturated carbocycles. The van der Waals surface area contributed by atoms with Crippen molar-refractivity contribution in [2.45, 2.75) is 149 Å². The van der Waals surface area contributed by atoms with E-state index < -0.39 is 13.6 Å². The number of ether oxygens (including phenoxy) is 1. The molecular formula is C32H57F3OP+. The second-order valence-corrected chi connectivity index (χ2v) is 15.5. The van der Waals surface area contributed by atoms with Gasteiger partial charge in [0, 0.05) is 7.26 Å². The van der Waals surface area contributed by atoms with Crippen LogP contribution in [-0.2, 0) is 6.16 Å². The van der Waals surface area contributed by atoms with Crippen molar-refractivity contribution >= 4 is 7.26 Å². The second kappa shape index (κ2) is 21.1. The van der Waals surface area contributed by atoms with E-state index in [0.29, 0.717) is 0 Å². The topological polar surface area (TPSA) is 9.23 Å². The van der Waals surface area contributed by atoms with Crippen molar-refractivity contribution in [3.05, 3.63) is 29.8 Å². The Bertz CT molecular complexity index is 604. The van der Waals surface area contributed by atoms with Crippen LogP contribution in [0.25, 0.3) is 0 Å². The van der Waals surface area contributed by atoms with Crippen molar-refractivity contribution in [2.75, 3.05) is 18.5 Å². The summed E-state index contributed by atoms with van der Waals surface area (Å²) in [4.78, 5) is 0. The van der Waals surface area contributed by atoms with Crippen LogP contribution in [0, 0.1) is 0 Å². The van der Waals surface area contributed by atoms with E-state index in [1.54, 1.807) is 0 Å². The molecule has 0 aliphatic carbocycles. The van der Waals surface area contributed by atoms with E-state index in [9.17, 15) is 13.2 Å². The second-order valence-electron chi connectivity index (χ2n) is 11.2.